The first kappa shape index (κ1) is 27.9. The van der Waals surface area contributed by atoms with Crippen molar-refractivity contribution in [3.8, 4) is 5.69 Å². The summed E-state index contributed by atoms with van der Waals surface area (Å²) in [5, 5.41) is 4.14. The van der Waals surface area contributed by atoms with Crippen molar-refractivity contribution in [1.82, 2.24) is 14.9 Å². The molecule has 0 unspecified atom stereocenters. The molecule has 2 aromatic heterocycles. The lowest BCUT2D eigenvalue weighted by atomic mass is 9.96. The van der Waals surface area contributed by atoms with E-state index in [2.05, 4.69) is 71.5 Å². The van der Waals surface area contributed by atoms with E-state index in [1.54, 1.807) is 12.3 Å². The lowest BCUT2D eigenvalue weighted by Crippen LogP contribution is -2.29. The molecule has 2 aromatic carbocycles. The number of hydrogen-bond acceptors (Lipinski definition) is 4. The number of pyridine rings is 1. The zero-order valence-corrected chi connectivity index (χ0v) is 25.3. The van der Waals surface area contributed by atoms with Crippen LogP contribution in [0.2, 0.25) is 0 Å². The molecular formula is C31H35N5O2S2. The molecule has 0 radical (unpaired) electrons. The Hall–Kier alpha value is -3.69. The molecule has 208 valence electrons. The molecule has 1 fully saturated rings. The van der Waals surface area contributed by atoms with Crippen molar-refractivity contribution in [2.24, 2.45) is 0 Å². The van der Waals surface area contributed by atoms with E-state index in [1.807, 2.05) is 37.3 Å². The molecule has 1 aliphatic rings. The van der Waals surface area contributed by atoms with E-state index in [1.165, 1.54) is 16.8 Å². The monoisotopic (exact) mass is 573 g/mol. The Labute approximate surface area is 242 Å². The van der Waals surface area contributed by atoms with Gasteiger partial charge in [-0.1, -0.05) is 31.2 Å². The van der Waals surface area contributed by atoms with Gasteiger partial charge in [0.25, 0.3) is 0 Å². The van der Waals surface area contributed by atoms with Crippen LogP contribution in [0, 0.1) is 27.7 Å². The predicted octanol–water partition coefficient (Wildman–Crippen LogP) is 6.22. The minimum Gasteiger partial charge on any atom is -0.351 e. The van der Waals surface area contributed by atoms with Crippen molar-refractivity contribution in [3.63, 3.8) is 0 Å². The Balaban J connectivity index is 1.68. The number of nitrogens with zero attached hydrogens (tertiary/aromatic N) is 3. The number of benzene rings is 2. The van der Waals surface area contributed by atoms with Gasteiger partial charge in [-0.2, -0.15) is 0 Å². The van der Waals surface area contributed by atoms with Crippen LogP contribution in [0.5, 0.6) is 0 Å². The van der Waals surface area contributed by atoms with E-state index in [0.29, 0.717) is 10.8 Å². The predicted molar refractivity (Wildman–Crippen MR) is 167 cm³/mol. The summed E-state index contributed by atoms with van der Waals surface area (Å²) < 4.78 is 28.7. The van der Waals surface area contributed by atoms with Crippen LogP contribution in [-0.2, 0) is 16.4 Å². The van der Waals surface area contributed by atoms with Gasteiger partial charge >= 0.3 is 0 Å². The topological polar surface area (TPSA) is 79.3 Å². The van der Waals surface area contributed by atoms with Crippen LogP contribution in [0.25, 0.3) is 5.69 Å². The van der Waals surface area contributed by atoms with Gasteiger partial charge in [-0.15, -0.1) is 0 Å². The second kappa shape index (κ2) is 10.7. The molecule has 3 heterocycles. The summed E-state index contributed by atoms with van der Waals surface area (Å²) in [4.78, 5) is 6.83. The van der Waals surface area contributed by atoms with Crippen molar-refractivity contribution >= 4 is 38.7 Å². The summed E-state index contributed by atoms with van der Waals surface area (Å²) in [7, 11) is -3.40. The normalized spacial score (nSPS) is 17.2. The summed E-state index contributed by atoms with van der Waals surface area (Å²) in [5.41, 5.74) is 10.4. The fourth-order valence-corrected chi connectivity index (χ4v) is 6.79. The maximum absolute atomic E-state index is 11.9. The summed E-state index contributed by atoms with van der Waals surface area (Å²) in [6.45, 7) is 10.6. The van der Waals surface area contributed by atoms with Crippen LogP contribution >= 0.6 is 12.2 Å². The first-order valence-electron chi connectivity index (χ1n) is 13.4. The van der Waals surface area contributed by atoms with Gasteiger partial charge in [-0.05, 0) is 105 Å². The van der Waals surface area contributed by atoms with Gasteiger partial charge in [0.2, 0.25) is 10.0 Å². The van der Waals surface area contributed by atoms with Gasteiger partial charge in [0, 0.05) is 23.3 Å². The standard InChI is InChI=1S/C31H35N5O2S2/c1-7-23-12-10-11-19(2)29(23)35-21(4)18-25(22(35)5)30-28(27-13-8-9-16-32-27)33-31(39)36(30)24-14-15-26(20(3)17-24)34-40(6,37)38/h8-18,28,30,34H,7H2,1-6H3,(H,33,39)/t28-,30+/m1/s1. The molecule has 0 amide bonds. The Morgan fingerprint density at radius 3 is 2.42 bits per heavy atom. The number of aryl methyl sites for hydroxylation is 4. The molecule has 1 aliphatic heterocycles. The van der Waals surface area contributed by atoms with Crippen molar-refractivity contribution < 1.29 is 8.42 Å². The molecule has 0 aliphatic carbocycles. The highest BCUT2D eigenvalue weighted by molar-refractivity contribution is 7.92. The molecule has 2 N–H and O–H groups in total. The quantitative estimate of drug-likeness (QED) is 0.256. The van der Waals surface area contributed by atoms with Crippen LogP contribution in [-0.4, -0.2) is 29.3 Å². The van der Waals surface area contributed by atoms with Gasteiger partial charge in [-0.25, -0.2) is 8.42 Å². The van der Waals surface area contributed by atoms with Crippen molar-refractivity contribution in [2.45, 2.75) is 53.1 Å². The van der Waals surface area contributed by atoms with E-state index in [-0.39, 0.29) is 12.1 Å². The number of aromatic nitrogens is 2. The van der Waals surface area contributed by atoms with Gasteiger partial charge < -0.3 is 14.8 Å². The largest absolute Gasteiger partial charge is 0.351 e. The number of sulfonamides is 1. The van der Waals surface area contributed by atoms with Gasteiger partial charge in [0.15, 0.2) is 5.11 Å². The lowest BCUT2D eigenvalue weighted by molar-refractivity contribution is 0.565. The first-order chi connectivity index (χ1) is 19.0. The molecule has 2 atom stereocenters. The third-order valence-electron chi connectivity index (χ3n) is 7.60. The first-order valence-corrected chi connectivity index (χ1v) is 15.7. The van der Waals surface area contributed by atoms with E-state index < -0.39 is 10.0 Å². The molecule has 7 nitrogen and oxygen atoms in total. The van der Waals surface area contributed by atoms with Crippen LogP contribution in [0.3, 0.4) is 0 Å². The zero-order chi connectivity index (χ0) is 28.8. The smallest absolute Gasteiger partial charge is 0.229 e. The second-order valence-electron chi connectivity index (χ2n) is 10.5. The Morgan fingerprint density at radius 1 is 1.00 bits per heavy atom. The lowest BCUT2D eigenvalue weighted by Gasteiger charge is -2.29. The van der Waals surface area contributed by atoms with Gasteiger partial charge in [0.05, 0.1) is 35.4 Å². The average molecular weight is 574 g/mol. The highest BCUT2D eigenvalue weighted by atomic mass is 32.2. The maximum Gasteiger partial charge on any atom is 0.229 e. The number of nitrogens with one attached hydrogen (secondary N) is 2. The molecule has 0 saturated carbocycles. The summed E-state index contributed by atoms with van der Waals surface area (Å²) >= 11 is 5.95. The number of thiocarbonyl (C=S) groups is 1. The van der Waals surface area contributed by atoms with Crippen molar-refractivity contribution in [2.75, 3.05) is 15.9 Å². The Morgan fingerprint density at radius 2 is 1.77 bits per heavy atom. The average Bonchev–Trinajstić information content (AvgIpc) is 3.40. The highest BCUT2D eigenvalue weighted by Crippen LogP contribution is 2.44. The van der Waals surface area contributed by atoms with E-state index in [9.17, 15) is 8.42 Å². The zero-order valence-electron chi connectivity index (χ0n) is 23.7. The third-order valence-corrected chi connectivity index (χ3v) is 8.50. The SMILES string of the molecule is CCc1cccc(C)c1-n1c(C)cc([C@H]2[C@@H](c3ccccn3)NC(=S)N2c2ccc(NS(C)(=O)=O)c(C)c2)c1C. The minimum atomic E-state index is -3.40. The summed E-state index contributed by atoms with van der Waals surface area (Å²) in [6.07, 6.45) is 3.90. The minimum absolute atomic E-state index is 0.176. The number of rotatable bonds is 7. The molecule has 0 bridgehead atoms. The molecule has 1 saturated heterocycles. The maximum atomic E-state index is 11.9. The fourth-order valence-electron chi connectivity index (χ4n) is 5.82. The summed E-state index contributed by atoms with van der Waals surface area (Å²) in [5.74, 6) is 0. The molecule has 9 heteroatoms. The Bertz CT molecular complexity index is 1700. The van der Waals surface area contributed by atoms with Gasteiger partial charge in [0.1, 0.15) is 0 Å². The fraction of sp³-hybridized carbons (Fsp3) is 0.290. The van der Waals surface area contributed by atoms with Crippen LogP contribution in [0.15, 0.2) is 66.9 Å². The van der Waals surface area contributed by atoms with Crippen molar-refractivity contribution in [1.29, 1.82) is 0 Å². The number of anilines is 2. The van der Waals surface area contributed by atoms with Crippen LogP contribution in [0.1, 0.15) is 58.3 Å². The summed E-state index contributed by atoms with van der Waals surface area (Å²) in [6, 6.07) is 20.0. The molecule has 4 aromatic rings. The third kappa shape index (κ3) is 5.11. The second-order valence-corrected chi connectivity index (χ2v) is 12.6. The van der Waals surface area contributed by atoms with Crippen LogP contribution in [0.4, 0.5) is 11.4 Å². The molecule has 40 heavy (non-hydrogen) atoms. The van der Waals surface area contributed by atoms with Crippen LogP contribution < -0.4 is 14.9 Å². The molecule has 5 rings (SSSR count). The van der Waals surface area contributed by atoms with E-state index in [4.69, 9.17) is 17.2 Å². The molecule has 0 spiro atoms. The van der Waals surface area contributed by atoms with E-state index in [0.717, 1.165) is 46.6 Å². The van der Waals surface area contributed by atoms with Crippen molar-refractivity contribution in [3.05, 3.63) is 106 Å². The number of para-hydroxylation sites is 1. The Kier molecular flexibility index (Phi) is 7.46. The van der Waals surface area contributed by atoms with Gasteiger partial charge in [-0.3, -0.25) is 9.71 Å². The number of hydrogen-bond donors (Lipinski definition) is 2. The highest BCUT2D eigenvalue weighted by Gasteiger charge is 2.42. The van der Waals surface area contributed by atoms with E-state index >= 15 is 0 Å². The molecular weight excluding hydrogens is 539 g/mol.